The van der Waals surface area contributed by atoms with Crippen LogP contribution in [0.2, 0.25) is 0 Å². The molecule has 0 N–H and O–H groups in total. The lowest BCUT2D eigenvalue weighted by Crippen LogP contribution is -2.35. The fraction of sp³-hybridized carbons (Fsp3) is 0.333. The van der Waals surface area contributed by atoms with Crippen LogP contribution >= 0.6 is 0 Å². The van der Waals surface area contributed by atoms with E-state index in [9.17, 15) is 17.6 Å². The summed E-state index contributed by atoms with van der Waals surface area (Å²) in [6.07, 6.45) is 0.801. The van der Waals surface area contributed by atoms with Gasteiger partial charge in [0.1, 0.15) is 0 Å². The molecule has 0 amide bonds. The molecule has 0 aromatic rings. The van der Waals surface area contributed by atoms with Crippen molar-refractivity contribution in [2.24, 2.45) is 0 Å². The van der Waals surface area contributed by atoms with Gasteiger partial charge in [-0.05, 0) is 6.08 Å². The number of alkyl halides is 4. The van der Waals surface area contributed by atoms with Gasteiger partial charge in [0.25, 0.3) is 0 Å². The van der Waals surface area contributed by atoms with Crippen LogP contribution in [0.1, 0.15) is 0 Å². The van der Waals surface area contributed by atoms with Gasteiger partial charge in [-0.1, -0.05) is 12.7 Å². The lowest BCUT2D eigenvalue weighted by molar-refractivity contribution is -0.144. The zero-order chi connectivity index (χ0) is 7.99. The van der Waals surface area contributed by atoms with Crippen molar-refractivity contribution >= 4 is 0 Å². The third-order valence-corrected chi connectivity index (χ3v) is 1.32. The second-order valence-electron chi connectivity index (χ2n) is 2.06. The highest BCUT2D eigenvalue weighted by Gasteiger charge is 2.58. The molecule has 0 heterocycles. The smallest absolute Gasteiger partial charge is 0.195 e. The Hall–Kier alpha value is -0.800. The van der Waals surface area contributed by atoms with Crippen LogP contribution in [0, 0.1) is 0 Å². The molecule has 0 fully saturated rings. The second-order valence-corrected chi connectivity index (χ2v) is 2.06. The molecule has 10 heavy (non-hydrogen) atoms. The summed E-state index contributed by atoms with van der Waals surface area (Å²) in [5.41, 5.74) is -0.836. The molecular formula is C6H4F4. The Morgan fingerprint density at radius 3 is 1.80 bits per heavy atom. The first kappa shape index (κ1) is 7.31. The molecule has 1 aliphatic rings. The third kappa shape index (κ3) is 0.678. The molecule has 0 bridgehead atoms. The van der Waals surface area contributed by atoms with Crippen LogP contribution in [0.15, 0.2) is 24.3 Å². The van der Waals surface area contributed by atoms with E-state index in [0.29, 0.717) is 6.08 Å². The SMILES string of the molecule is C=C1C=CC(F)(F)C1(F)F. The highest BCUT2D eigenvalue weighted by molar-refractivity contribution is 5.36. The van der Waals surface area contributed by atoms with Crippen molar-refractivity contribution in [3.63, 3.8) is 0 Å². The van der Waals surface area contributed by atoms with Crippen LogP contribution in [0.5, 0.6) is 0 Å². The second kappa shape index (κ2) is 1.62. The number of rotatable bonds is 0. The number of halogens is 4. The molecule has 0 nitrogen and oxygen atoms in total. The monoisotopic (exact) mass is 152 g/mol. The van der Waals surface area contributed by atoms with Crippen LogP contribution in [-0.2, 0) is 0 Å². The topological polar surface area (TPSA) is 0 Å². The quantitative estimate of drug-likeness (QED) is 0.467. The Balaban J connectivity index is 3.05. The van der Waals surface area contributed by atoms with Crippen LogP contribution in [0.4, 0.5) is 17.6 Å². The van der Waals surface area contributed by atoms with Gasteiger partial charge in [-0.3, -0.25) is 0 Å². The van der Waals surface area contributed by atoms with E-state index >= 15 is 0 Å². The molecule has 4 heteroatoms. The Morgan fingerprint density at radius 2 is 1.70 bits per heavy atom. The molecule has 0 aromatic heterocycles. The highest BCUT2D eigenvalue weighted by Crippen LogP contribution is 2.45. The Bertz CT molecular complexity index is 202. The Labute approximate surface area is 54.8 Å². The molecule has 56 valence electrons. The summed E-state index contributed by atoms with van der Waals surface area (Å²) < 4.78 is 48.6. The van der Waals surface area contributed by atoms with Gasteiger partial charge in [-0.25, -0.2) is 0 Å². The normalized spacial score (nSPS) is 27.4. The third-order valence-electron chi connectivity index (χ3n) is 1.32. The summed E-state index contributed by atoms with van der Waals surface area (Å²) >= 11 is 0. The minimum atomic E-state index is -4.09. The summed E-state index contributed by atoms with van der Waals surface area (Å²) in [5.74, 6) is -8.14. The van der Waals surface area contributed by atoms with Crippen LogP contribution in [0.25, 0.3) is 0 Å². The van der Waals surface area contributed by atoms with Gasteiger partial charge in [0, 0.05) is 5.57 Å². The number of hydrogen-bond acceptors (Lipinski definition) is 0. The first-order valence-corrected chi connectivity index (χ1v) is 2.52. The van der Waals surface area contributed by atoms with E-state index in [0.717, 1.165) is 0 Å². The average molecular weight is 152 g/mol. The molecule has 0 unspecified atom stereocenters. The molecule has 0 atom stereocenters. The van der Waals surface area contributed by atoms with Crippen molar-refractivity contribution in [1.29, 1.82) is 0 Å². The molecule has 0 radical (unpaired) electrons. The maximum atomic E-state index is 12.2. The largest absolute Gasteiger partial charge is 0.338 e. The van der Waals surface area contributed by atoms with Crippen molar-refractivity contribution in [2.75, 3.05) is 0 Å². The summed E-state index contributed by atoms with van der Waals surface area (Å²) in [4.78, 5) is 0. The van der Waals surface area contributed by atoms with Gasteiger partial charge in [0.05, 0.1) is 0 Å². The molecule has 0 saturated heterocycles. The first-order chi connectivity index (χ1) is 4.38. The standard InChI is InChI=1S/C6H4F4/c1-4-2-3-5(7,8)6(4,9)10/h2-3H,1H2. The predicted molar refractivity (Wildman–Crippen MR) is 28.2 cm³/mol. The van der Waals surface area contributed by atoms with E-state index in [1.807, 2.05) is 0 Å². The summed E-state index contributed by atoms with van der Waals surface area (Å²) in [6.45, 7) is 2.79. The van der Waals surface area contributed by atoms with Gasteiger partial charge in [0.2, 0.25) is 0 Å². The molecule has 1 rings (SSSR count). The minimum absolute atomic E-state index is 0.162. The Kier molecular flexibility index (Phi) is 1.18. The van der Waals surface area contributed by atoms with Gasteiger partial charge >= 0.3 is 11.8 Å². The Morgan fingerprint density at radius 1 is 1.20 bits per heavy atom. The predicted octanol–water partition coefficient (Wildman–Crippen LogP) is 2.38. The summed E-state index contributed by atoms with van der Waals surface area (Å²) in [5, 5.41) is 0. The zero-order valence-electron chi connectivity index (χ0n) is 4.87. The molecule has 0 saturated carbocycles. The van der Waals surface area contributed by atoms with E-state index in [4.69, 9.17) is 0 Å². The summed E-state index contributed by atoms with van der Waals surface area (Å²) in [7, 11) is 0. The van der Waals surface area contributed by atoms with Crippen molar-refractivity contribution in [3.05, 3.63) is 24.3 Å². The van der Waals surface area contributed by atoms with E-state index in [-0.39, 0.29) is 6.08 Å². The maximum Gasteiger partial charge on any atom is 0.338 e. The van der Waals surface area contributed by atoms with E-state index in [2.05, 4.69) is 6.58 Å². The lowest BCUT2D eigenvalue weighted by Gasteiger charge is -2.17. The van der Waals surface area contributed by atoms with Gasteiger partial charge in [-0.2, -0.15) is 17.6 Å². The molecule has 0 aliphatic heterocycles. The number of allylic oxidation sites excluding steroid dienone is 3. The van der Waals surface area contributed by atoms with Crippen LogP contribution in [-0.4, -0.2) is 11.8 Å². The summed E-state index contributed by atoms with van der Waals surface area (Å²) in [6, 6.07) is 0. The van der Waals surface area contributed by atoms with Crippen molar-refractivity contribution < 1.29 is 17.6 Å². The van der Waals surface area contributed by atoms with Gasteiger partial charge in [-0.15, -0.1) is 0 Å². The average Bonchev–Trinajstić information content (AvgIpc) is 1.94. The van der Waals surface area contributed by atoms with Crippen molar-refractivity contribution in [2.45, 2.75) is 11.8 Å². The zero-order valence-corrected chi connectivity index (χ0v) is 4.87. The van der Waals surface area contributed by atoms with Crippen molar-refractivity contribution in [3.8, 4) is 0 Å². The van der Waals surface area contributed by atoms with Crippen LogP contribution < -0.4 is 0 Å². The fourth-order valence-corrected chi connectivity index (χ4v) is 0.629. The van der Waals surface area contributed by atoms with Gasteiger partial charge < -0.3 is 0 Å². The molecule has 0 aromatic carbocycles. The van der Waals surface area contributed by atoms with E-state index in [1.165, 1.54) is 0 Å². The van der Waals surface area contributed by atoms with Crippen molar-refractivity contribution in [1.82, 2.24) is 0 Å². The first-order valence-electron chi connectivity index (χ1n) is 2.52. The highest BCUT2D eigenvalue weighted by atomic mass is 19.3. The molecule has 0 spiro atoms. The maximum absolute atomic E-state index is 12.2. The molecular weight excluding hydrogens is 148 g/mol. The lowest BCUT2D eigenvalue weighted by atomic mass is 10.2. The molecule has 1 aliphatic carbocycles. The fourth-order valence-electron chi connectivity index (χ4n) is 0.629. The van der Waals surface area contributed by atoms with Crippen LogP contribution in [0.3, 0.4) is 0 Å². The minimum Gasteiger partial charge on any atom is -0.195 e. The van der Waals surface area contributed by atoms with E-state index in [1.54, 1.807) is 0 Å². The van der Waals surface area contributed by atoms with Gasteiger partial charge in [0.15, 0.2) is 0 Å². The van der Waals surface area contributed by atoms with E-state index < -0.39 is 17.4 Å². The number of hydrogen-bond donors (Lipinski definition) is 0.